The number of primary amides is 1. The summed E-state index contributed by atoms with van der Waals surface area (Å²) >= 11 is 0. The quantitative estimate of drug-likeness (QED) is 0.710. The summed E-state index contributed by atoms with van der Waals surface area (Å²) in [4.78, 5) is 10.9. The lowest BCUT2D eigenvalue weighted by molar-refractivity contribution is -0.122. The van der Waals surface area contributed by atoms with E-state index in [0.29, 0.717) is 25.7 Å². The molecule has 1 saturated carbocycles. The topological polar surface area (TPSA) is 115 Å². The minimum atomic E-state index is -3.80. The molecule has 0 atom stereocenters. The lowest BCUT2D eigenvalue weighted by Gasteiger charge is -2.27. The molecular weight excluding hydrogens is 297 g/mol. The number of rotatable bonds is 4. The van der Waals surface area contributed by atoms with Crippen molar-refractivity contribution in [2.24, 2.45) is 11.7 Å². The van der Waals surface area contributed by atoms with Crippen LogP contribution in [0.3, 0.4) is 0 Å². The number of halogens is 1. The summed E-state index contributed by atoms with van der Waals surface area (Å²) in [5.74, 6) is -1.13. The predicted molar refractivity (Wildman–Crippen MR) is 76.1 cm³/mol. The zero-order valence-corrected chi connectivity index (χ0v) is 12.2. The van der Waals surface area contributed by atoms with Crippen molar-refractivity contribution in [3.63, 3.8) is 0 Å². The van der Waals surface area contributed by atoms with Crippen molar-refractivity contribution in [3.05, 3.63) is 24.0 Å². The Bertz CT molecular complexity index is 640. The lowest BCUT2D eigenvalue weighted by Crippen LogP contribution is -2.39. The molecule has 1 aliphatic carbocycles. The molecule has 1 amide bonds. The summed E-state index contributed by atoms with van der Waals surface area (Å²) in [6, 6.07) is 2.89. The van der Waals surface area contributed by atoms with Gasteiger partial charge >= 0.3 is 0 Å². The van der Waals surface area contributed by atoms with E-state index in [4.69, 9.17) is 11.5 Å². The average molecular weight is 315 g/mol. The fourth-order valence-corrected chi connectivity index (χ4v) is 3.96. The van der Waals surface area contributed by atoms with Gasteiger partial charge in [-0.15, -0.1) is 0 Å². The van der Waals surface area contributed by atoms with Gasteiger partial charge in [-0.05, 0) is 43.9 Å². The molecule has 0 spiro atoms. The zero-order valence-electron chi connectivity index (χ0n) is 11.4. The smallest absolute Gasteiger partial charge is 0.242 e. The standard InChI is InChI=1S/C13H18FN3O3S/c14-9-3-6-12(11(15)7-9)21(19,20)17-10-4-1-8(2-5-10)13(16)18/h3,6-8,10,17H,1-2,4-5,15H2,(H2,16,18). The second kappa shape index (κ2) is 5.98. The van der Waals surface area contributed by atoms with E-state index in [2.05, 4.69) is 4.72 Å². The molecule has 0 radical (unpaired) electrons. The van der Waals surface area contributed by atoms with Crippen LogP contribution < -0.4 is 16.2 Å². The molecule has 0 bridgehead atoms. The molecule has 21 heavy (non-hydrogen) atoms. The van der Waals surface area contributed by atoms with Gasteiger partial charge in [-0.25, -0.2) is 17.5 Å². The molecule has 8 heteroatoms. The number of nitrogens with two attached hydrogens (primary N) is 2. The van der Waals surface area contributed by atoms with Crippen molar-refractivity contribution < 1.29 is 17.6 Å². The molecule has 116 valence electrons. The molecule has 1 aromatic carbocycles. The number of carbonyl (C=O) groups excluding carboxylic acids is 1. The third-order valence-electron chi connectivity index (χ3n) is 3.71. The SMILES string of the molecule is NC(=O)C1CCC(NS(=O)(=O)c2ccc(F)cc2N)CC1. The number of sulfonamides is 1. The summed E-state index contributed by atoms with van der Waals surface area (Å²) in [5.41, 5.74) is 10.7. The highest BCUT2D eigenvalue weighted by molar-refractivity contribution is 7.89. The van der Waals surface area contributed by atoms with E-state index in [1.165, 1.54) is 0 Å². The maximum absolute atomic E-state index is 13.0. The fraction of sp³-hybridized carbons (Fsp3) is 0.462. The Morgan fingerprint density at radius 2 is 1.86 bits per heavy atom. The molecule has 0 heterocycles. The number of nitrogen functional groups attached to an aromatic ring is 1. The Morgan fingerprint density at radius 1 is 1.24 bits per heavy atom. The third kappa shape index (κ3) is 3.70. The molecular formula is C13H18FN3O3S. The highest BCUT2D eigenvalue weighted by atomic mass is 32.2. The molecule has 1 fully saturated rings. The van der Waals surface area contributed by atoms with Gasteiger partial charge in [0, 0.05) is 12.0 Å². The minimum absolute atomic E-state index is 0.131. The van der Waals surface area contributed by atoms with Crippen molar-refractivity contribution in [2.45, 2.75) is 36.6 Å². The van der Waals surface area contributed by atoms with Crippen molar-refractivity contribution in [2.75, 3.05) is 5.73 Å². The molecule has 0 unspecified atom stereocenters. The number of anilines is 1. The highest BCUT2D eigenvalue weighted by Gasteiger charge is 2.28. The van der Waals surface area contributed by atoms with Crippen LogP contribution in [-0.4, -0.2) is 20.4 Å². The van der Waals surface area contributed by atoms with Gasteiger partial charge in [0.15, 0.2) is 0 Å². The van der Waals surface area contributed by atoms with Crippen LogP contribution in [0.1, 0.15) is 25.7 Å². The lowest BCUT2D eigenvalue weighted by atomic mass is 9.86. The number of benzene rings is 1. The number of carbonyl (C=O) groups is 1. The number of nitrogens with one attached hydrogen (secondary N) is 1. The van der Waals surface area contributed by atoms with Crippen molar-refractivity contribution in [3.8, 4) is 0 Å². The first-order valence-electron chi connectivity index (χ1n) is 6.66. The van der Waals surface area contributed by atoms with Gasteiger partial charge in [0.05, 0.1) is 5.69 Å². The zero-order chi connectivity index (χ0) is 15.6. The van der Waals surface area contributed by atoms with Gasteiger partial charge in [-0.1, -0.05) is 0 Å². The highest BCUT2D eigenvalue weighted by Crippen LogP contribution is 2.26. The van der Waals surface area contributed by atoms with Crippen LogP contribution in [0.5, 0.6) is 0 Å². The van der Waals surface area contributed by atoms with Crippen LogP contribution in [-0.2, 0) is 14.8 Å². The van der Waals surface area contributed by atoms with E-state index in [1.54, 1.807) is 0 Å². The third-order valence-corrected chi connectivity index (χ3v) is 5.31. The minimum Gasteiger partial charge on any atom is -0.398 e. The van der Waals surface area contributed by atoms with Crippen LogP contribution in [0.25, 0.3) is 0 Å². The largest absolute Gasteiger partial charge is 0.398 e. The van der Waals surface area contributed by atoms with Gasteiger partial charge in [0.1, 0.15) is 10.7 Å². The molecule has 2 rings (SSSR count). The van der Waals surface area contributed by atoms with Crippen LogP contribution >= 0.6 is 0 Å². The average Bonchev–Trinajstić information content (AvgIpc) is 2.38. The Labute approximate surface area is 122 Å². The van der Waals surface area contributed by atoms with E-state index in [-0.39, 0.29) is 28.4 Å². The van der Waals surface area contributed by atoms with Crippen LogP contribution in [0.2, 0.25) is 0 Å². The molecule has 0 saturated heterocycles. The molecule has 1 aliphatic rings. The second-order valence-electron chi connectivity index (χ2n) is 5.25. The van der Waals surface area contributed by atoms with Crippen molar-refractivity contribution >= 4 is 21.6 Å². The Hall–Kier alpha value is -1.67. The van der Waals surface area contributed by atoms with Gasteiger partial charge in [-0.3, -0.25) is 4.79 Å². The summed E-state index contributed by atoms with van der Waals surface area (Å²) in [7, 11) is -3.80. The summed E-state index contributed by atoms with van der Waals surface area (Å²) in [6.45, 7) is 0. The summed E-state index contributed by atoms with van der Waals surface area (Å²) in [5, 5.41) is 0. The monoisotopic (exact) mass is 315 g/mol. The van der Waals surface area contributed by atoms with Gasteiger partial charge in [0.25, 0.3) is 0 Å². The summed E-state index contributed by atoms with van der Waals surface area (Å²) < 4.78 is 40.0. The summed E-state index contributed by atoms with van der Waals surface area (Å²) in [6.07, 6.45) is 2.19. The molecule has 1 aromatic rings. The normalized spacial score (nSPS) is 22.9. The Morgan fingerprint density at radius 3 is 2.38 bits per heavy atom. The van der Waals surface area contributed by atoms with E-state index in [0.717, 1.165) is 18.2 Å². The first-order valence-corrected chi connectivity index (χ1v) is 8.14. The molecule has 6 nitrogen and oxygen atoms in total. The second-order valence-corrected chi connectivity index (χ2v) is 6.94. The number of amides is 1. The van der Waals surface area contributed by atoms with E-state index in [1.807, 2.05) is 0 Å². The van der Waals surface area contributed by atoms with Crippen molar-refractivity contribution in [1.82, 2.24) is 4.72 Å². The first kappa shape index (κ1) is 15.7. The van der Waals surface area contributed by atoms with Gasteiger partial charge < -0.3 is 11.5 Å². The molecule has 0 aliphatic heterocycles. The first-order chi connectivity index (χ1) is 9.79. The van der Waals surface area contributed by atoms with Crippen molar-refractivity contribution in [1.29, 1.82) is 0 Å². The van der Waals surface area contributed by atoms with Gasteiger partial charge in [-0.2, -0.15) is 0 Å². The Kier molecular flexibility index (Phi) is 4.48. The maximum atomic E-state index is 13.0. The number of hydrogen-bond acceptors (Lipinski definition) is 4. The van der Waals surface area contributed by atoms with E-state index < -0.39 is 15.8 Å². The van der Waals surface area contributed by atoms with Crippen LogP contribution in [0.15, 0.2) is 23.1 Å². The van der Waals surface area contributed by atoms with Crippen LogP contribution in [0, 0.1) is 11.7 Å². The molecule has 5 N–H and O–H groups in total. The fourth-order valence-electron chi connectivity index (χ4n) is 2.54. The van der Waals surface area contributed by atoms with E-state index >= 15 is 0 Å². The molecule has 0 aromatic heterocycles. The number of hydrogen-bond donors (Lipinski definition) is 3. The maximum Gasteiger partial charge on any atom is 0.242 e. The van der Waals surface area contributed by atoms with Gasteiger partial charge in [0.2, 0.25) is 15.9 Å². The predicted octanol–water partition coefficient (Wildman–Crippen LogP) is 0.730. The van der Waals surface area contributed by atoms with E-state index in [9.17, 15) is 17.6 Å². The van der Waals surface area contributed by atoms with Crippen LogP contribution in [0.4, 0.5) is 10.1 Å². The Balaban J connectivity index is 2.07.